The molecule has 106 valence electrons. The molecule has 0 bridgehead atoms. The number of halogens is 1. The zero-order valence-corrected chi connectivity index (χ0v) is 11.1. The number of aromatic nitrogens is 3. The van der Waals surface area contributed by atoms with Crippen molar-refractivity contribution in [3.8, 4) is 11.5 Å². The minimum Gasteiger partial charge on any atom is -0.339 e. The molecule has 1 saturated carbocycles. The molecule has 1 fully saturated rings. The van der Waals surface area contributed by atoms with Crippen molar-refractivity contribution in [2.45, 2.75) is 38.1 Å². The van der Waals surface area contributed by atoms with Crippen LogP contribution in [0.2, 0.25) is 0 Å². The van der Waals surface area contributed by atoms with Gasteiger partial charge in [-0.1, -0.05) is 18.0 Å². The van der Waals surface area contributed by atoms with Gasteiger partial charge in [0.1, 0.15) is 11.5 Å². The van der Waals surface area contributed by atoms with Crippen LogP contribution < -0.4 is 5.73 Å². The fourth-order valence-electron chi connectivity index (χ4n) is 2.70. The van der Waals surface area contributed by atoms with Crippen LogP contribution in [0.15, 0.2) is 22.9 Å². The quantitative estimate of drug-likeness (QED) is 0.927. The summed E-state index contributed by atoms with van der Waals surface area (Å²) in [5, 5.41) is 3.87. The van der Waals surface area contributed by atoms with Crippen LogP contribution in [-0.4, -0.2) is 21.2 Å². The van der Waals surface area contributed by atoms with Crippen molar-refractivity contribution < 1.29 is 8.91 Å². The Kier molecular flexibility index (Phi) is 3.73. The molecule has 0 spiro atoms. The Balaban J connectivity index is 1.68. The lowest BCUT2D eigenvalue weighted by Crippen LogP contribution is -2.30. The Morgan fingerprint density at radius 3 is 2.85 bits per heavy atom. The maximum atomic E-state index is 12.8. The molecule has 0 saturated heterocycles. The van der Waals surface area contributed by atoms with Crippen LogP contribution in [0.1, 0.15) is 31.6 Å². The molecule has 0 amide bonds. The van der Waals surface area contributed by atoms with Crippen molar-refractivity contribution in [2.75, 3.05) is 0 Å². The summed E-state index contributed by atoms with van der Waals surface area (Å²) >= 11 is 0. The van der Waals surface area contributed by atoms with Gasteiger partial charge in [0.15, 0.2) is 0 Å². The Labute approximate surface area is 116 Å². The number of pyridine rings is 1. The predicted octanol–water partition coefficient (Wildman–Crippen LogP) is 2.33. The van der Waals surface area contributed by atoms with E-state index in [1.165, 1.54) is 37.8 Å². The van der Waals surface area contributed by atoms with Gasteiger partial charge in [-0.25, -0.2) is 9.37 Å². The molecule has 0 radical (unpaired) electrons. The Morgan fingerprint density at radius 2 is 2.15 bits per heavy atom. The van der Waals surface area contributed by atoms with Gasteiger partial charge in [0.25, 0.3) is 0 Å². The molecular weight excluding hydrogens is 259 g/mol. The molecular formula is C14H17FN4O. The van der Waals surface area contributed by atoms with Gasteiger partial charge in [-0.2, -0.15) is 4.98 Å². The minimum absolute atomic E-state index is 0.0620. The highest BCUT2D eigenvalue weighted by Gasteiger charge is 2.24. The highest BCUT2D eigenvalue weighted by molar-refractivity contribution is 5.47. The molecule has 3 rings (SSSR count). The fourth-order valence-corrected chi connectivity index (χ4v) is 2.70. The fraction of sp³-hybridized carbons (Fsp3) is 0.500. The van der Waals surface area contributed by atoms with E-state index in [0.29, 0.717) is 29.7 Å². The smallest absolute Gasteiger partial charge is 0.228 e. The predicted molar refractivity (Wildman–Crippen MR) is 71.1 cm³/mol. The van der Waals surface area contributed by atoms with Gasteiger partial charge >= 0.3 is 0 Å². The van der Waals surface area contributed by atoms with Crippen LogP contribution >= 0.6 is 0 Å². The highest BCUT2D eigenvalue weighted by atomic mass is 19.1. The second kappa shape index (κ2) is 5.66. The first-order valence-corrected chi connectivity index (χ1v) is 6.92. The van der Waals surface area contributed by atoms with E-state index in [9.17, 15) is 4.39 Å². The molecule has 6 heteroatoms. The molecule has 1 atom stereocenters. The summed E-state index contributed by atoms with van der Waals surface area (Å²) in [5.74, 6) is 1.05. The van der Waals surface area contributed by atoms with Gasteiger partial charge in [0, 0.05) is 12.5 Å². The maximum Gasteiger partial charge on any atom is 0.228 e. The molecule has 2 heterocycles. The maximum absolute atomic E-state index is 12.8. The lowest BCUT2D eigenvalue weighted by Gasteiger charge is -2.16. The first-order valence-electron chi connectivity index (χ1n) is 6.92. The summed E-state index contributed by atoms with van der Waals surface area (Å²) in [6.07, 6.45) is 6.59. The van der Waals surface area contributed by atoms with E-state index in [0.717, 1.165) is 6.20 Å². The molecule has 0 aliphatic heterocycles. The third-order valence-electron chi connectivity index (χ3n) is 3.84. The molecule has 1 aliphatic carbocycles. The van der Waals surface area contributed by atoms with Gasteiger partial charge in [-0.15, -0.1) is 0 Å². The van der Waals surface area contributed by atoms with E-state index >= 15 is 0 Å². The number of rotatable bonds is 4. The SMILES string of the molecule is NC(Cc1nc(-c2ccc(F)cn2)no1)C1CCCC1. The standard InChI is InChI=1S/C14H17FN4O/c15-10-5-6-12(17-8-10)14-18-13(20-19-14)7-11(16)9-3-1-2-4-9/h5-6,8-9,11H,1-4,7,16H2. The lowest BCUT2D eigenvalue weighted by atomic mass is 9.96. The number of hydrogen-bond acceptors (Lipinski definition) is 5. The Morgan fingerprint density at radius 1 is 1.35 bits per heavy atom. The largest absolute Gasteiger partial charge is 0.339 e. The van der Waals surface area contributed by atoms with Gasteiger partial charge < -0.3 is 10.3 Å². The van der Waals surface area contributed by atoms with Gasteiger partial charge in [0.05, 0.1) is 6.20 Å². The third kappa shape index (κ3) is 2.85. The summed E-state index contributed by atoms with van der Waals surface area (Å²) in [6, 6.07) is 2.91. The summed E-state index contributed by atoms with van der Waals surface area (Å²) in [4.78, 5) is 8.21. The molecule has 2 N–H and O–H groups in total. The third-order valence-corrected chi connectivity index (χ3v) is 3.84. The van der Waals surface area contributed by atoms with Crippen molar-refractivity contribution in [1.82, 2.24) is 15.1 Å². The minimum atomic E-state index is -0.388. The van der Waals surface area contributed by atoms with E-state index in [-0.39, 0.29) is 11.9 Å². The zero-order valence-electron chi connectivity index (χ0n) is 11.1. The lowest BCUT2D eigenvalue weighted by molar-refractivity contribution is 0.341. The normalized spacial score (nSPS) is 17.5. The number of nitrogens with two attached hydrogens (primary N) is 1. The van der Waals surface area contributed by atoms with Crippen LogP contribution in [-0.2, 0) is 6.42 Å². The molecule has 5 nitrogen and oxygen atoms in total. The first kappa shape index (κ1) is 13.2. The summed E-state index contributed by atoms with van der Waals surface area (Å²) < 4.78 is 18.0. The van der Waals surface area contributed by atoms with E-state index in [4.69, 9.17) is 10.3 Å². The molecule has 2 aromatic heterocycles. The average molecular weight is 276 g/mol. The second-order valence-corrected chi connectivity index (χ2v) is 5.29. The van der Waals surface area contributed by atoms with Crippen molar-refractivity contribution >= 4 is 0 Å². The Hall–Kier alpha value is -1.82. The first-order chi connectivity index (χ1) is 9.72. The second-order valence-electron chi connectivity index (χ2n) is 5.29. The monoisotopic (exact) mass is 276 g/mol. The van der Waals surface area contributed by atoms with Crippen molar-refractivity contribution in [2.24, 2.45) is 11.7 Å². The topological polar surface area (TPSA) is 77.8 Å². The number of hydrogen-bond donors (Lipinski definition) is 1. The zero-order chi connectivity index (χ0) is 13.9. The molecule has 1 unspecified atom stereocenters. The molecule has 1 aliphatic rings. The van der Waals surface area contributed by atoms with Crippen LogP contribution in [0.5, 0.6) is 0 Å². The van der Waals surface area contributed by atoms with Crippen LogP contribution in [0, 0.1) is 11.7 Å². The van der Waals surface area contributed by atoms with Crippen LogP contribution in [0.25, 0.3) is 11.5 Å². The van der Waals surface area contributed by atoms with Gasteiger partial charge in [0.2, 0.25) is 11.7 Å². The van der Waals surface area contributed by atoms with Gasteiger partial charge in [-0.3, -0.25) is 0 Å². The molecule has 20 heavy (non-hydrogen) atoms. The van der Waals surface area contributed by atoms with Crippen LogP contribution in [0.4, 0.5) is 4.39 Å². The summed E-state index contributed by atoms with van der Waals surface area (Å²) in [5.41, 5.74) is 6.68. The summed E-state index contributed by atoms with van der Waals surface area (Å²) in [7, 11) is 0. The average Bonchev–Trinajstić information content (AvgIpc) is 3.10. The summed E-state index contributed by atoms with van der Waals surface area (Å²) in [6.45, 7) is 0. The van der Waals surface area contributed by atoms with Gasteiger partial charge in [-0.05, 0) is 30.9 Å². The molecule has 2 aromatic rings. The van der Waals surface area contributed by atoms with E-state index in [2.05, 4.69) is 15.1 Å². The Bertz CT molecular complexity index is 563. The highest BCUT2D eigenvalue weighted by Crippen LogP contribution is 2.28. The van der Waals surface area contributed by atoms with Crippen molar-refractivity contribution in [3.05, 3.63) is 30.0 Å². The van der Waals surface area contributed by atoms with Crippen molar-refractivity contribution in [1.29, 1.82) is 0 Å². The van der Waals surface area contributed by atoms with Crippen LogP contribution in [0.3, 0.4) is 0 Å². The van der Waals surface area contributed by atoms with E-state index in [1.807, 2.05) is 0 Å². The van der Waals surface area contributed by atoms with Crippen molar-refractivity contribution in [3.63, 3.8) is 0 Å². The van der Waals surface area contributed by atoms with E-state index < -0.39 is 0 Å². The van der Waals surface area contributed by atoms with E-state index in [1.54, 1.807) is 0 Å². The molecule has 0 aromatic carbocycles. The number of nitrogens with zero attached hydrogens (tertiary/aromatic N) is 3.